The summed E-state index contributed by atoms with van der Waals surface area (Å²) >= 11 is 0. The number of hydrogen-bond acceptors (Lipinski definition) is 6. The van der Waals surface area contributed by atoms with Crippen molar-refractivity contribution in [3.8, 4) is 11.8 Å². The molecule has 1 amide bonds. The molecule has 0 aliphatic heterocycles. The lowest BCUT2D eigenvalue weighted by Crippen LogP contribution is -2.30. The van der Waals surface area contributed by atoms with E-state index in [2.05, 4.69) is 4.98 Å². The van der Waals surface area contributed by atoms with Crippen molar-refractivity contribution in [3.05, 3.63) is 101 Å². The average Bonchev–Trinajstić information content (AvgIpc) is 2.77. The van der Waals surface area contributed by atoms with Crippen molar-refractivity contribution in [3.63, 3.8) is 0 Å². The Morgan fingerprint density at radius 2 is 1.81 bits per heavy atom. The zero-order chi connectivity index (χ0) is 22.1. The SMILES string of the molecule is N#Cc1ccccc1CS(=O)(=O)NC(=O)/C=C/c1ccc(OCc2ccccn2)cc1. The number of nitrogens with zero attached hydrogens (tertiary/aromatic N) is 2. The molecule has 0 unspecified atom stereocenters. The largest absolute Gasteiger partial charge is 0.487 e. The van der Waals surface area contributed by atoms with E-state index in [1.807, 2.05) is 29.0 Å². The molecule has 0 fully saturated rings. The molecule has 3 rings (SSSR count). The van der Waals surface area contributed by atoms with Crippen LogP contribution >= 0.6 is 0 Å². The van der Waals surface area contributed by atoms with E-state index in [9.17, 15) is 13.2 Å². The molecule has 0 atom stereocenters. The summed E-state index contributed by atoms with van der Waals surface area (Å²) in [6.45, 7) is 0.339. The first-order valence-electron chi connectivity index (χ1n) is 9.28. The number of benzene rings is 2. The van der Waals surface area contributed by atoms with E-state index < -0.39 is 21.7 Å². The molecule has 1 heterocycles. The lowest BCUT2D eigenvalue weighted by Gasteiger charge is -2.07. The number of sulfonamides is 1. The zero-order valence-electron chi connectivity index (χ0n) is 16.4. The van der Waals surface area contributed by atoms with Gasteiger partial charge in [0.1, 0.15) is 12.4 Å². The van der Waals surface area contributed by atoms with Crippen LogP contribution in [0.2, 0.25) is 0 Å². The lowest BCUT2D eigenvalue weighted by atomic mass is 10.1. The molecule has 0 spiro atoms. The van der Waals surface area contributed by atoms with Gasteiger partial charge in [-0.1, -0.05) is 36.4 Å². The maximum Gasteiger partial charge on any atom is 0.257 e. The maximum atomic E-state index is 12.2. The van der Waals surface area contributed by atoms with Crippen molar-refractivity contribution >= 4 is 22.0 Å². The van der Waals surface area contributed by atoms with E-state index >= 15 is 0 Å². The molecule has 0 radical (unpaired) electrons. The number of hydrogen-bond donors (Lipinski definition) is 1. The van der Waals surface area contributed by atoms with Crippen molar-refractivity contribution in [2.75, 3.05) is 0 Å². The van der Waals surface area contributed by atoms with Gasteiger partial charge in [0.2, 0.25) is 10.0 Å². The van der Waals surface area contributed by atoms with Crippen LogP contribution in [-0.2, 0) is 27.2 Å². The van der Waals surface area contributed by atoms with Gasteiger partial charge in [0.25, 0.3) is 5.91 Å². The molecule has 3 aromatic rings. The van der Waals surface area contributed by atoms with E-state index in [0.29, 0.717) is 23.5 Å². The van der Waals surface area contributed by atoms with Gasteiger partial charge in [-0.25, -0.2) is 13.1 Å². The monoisotopic (exact) mass is 433 g/mol. The van der Waals surface area contributed by atoms with Crippen LogP contribution in [0.5, 0.6) is 5.75 Å². The van der Waals surface area contributed by atoms with E-state index in [-0.39, 0.29) is 5.56 Å². The Morgan fingerprint density at radius 3 is 2.52 bits per heavy atom. The molecule has 8 heteroatoms. The smallest absolute Gasteiger partial charge is 0.257 e. The molecule has 0 saturated carbocycles. The Bertz CT molecular complexity index is 1220. The molecule has 0 aliphatic carbocycles. The normalized spacial score (nSPS) is 11.1. The summed E-state index contributed by atoms with van der Waals surface area (Å²) in [4.78, 5) is 16.2. The third-order valence-electron chi connectivity index (χ3n) is 4.16. The van der Waals surface area contributed by atoms with Gasteiger partial charge >= 0.3 is 0 Å². The summed E-state index contributed by atoms with van der Waals surface area (Å²) < 4.78 is 32.1. The number of nitriles is 1. The number of carbonyl (C=O) groups excluding carboxylic acids is 1. The average molecular weight is 433 g/mol. The summed E-state index contributed by atoms with van der Waals surface area (Å²) in [6.07, 6.45) is 4.33. The first kappa shape index (κ1) is 21.7. The van der Waals surface area contributed by atoms with Gasteiger partial charge < -0.3 is 4.74 Å². The van der Waals surface area contributed by atoms with Gasteiger partial charge in [0.15, 0.2) is 0 Å². The van der Waals surface area contributed by atoms with Crippen LogP contribution in [0.3, 0.4) is 0 Å². The fourth-order valence-corrected chi connectivity index (χ4v) is 3.78. The molecule has 2 aromatic carbocycles. The number of carbonyl (C=O) groups is 1. The quantitative estimate of drug-likeness (QED) is 0.547. The van der Waals surface area contributed by atoms with Crippen LogP contribution in [0.25, 0.3) is 6.08 Å². The zero-order valence-corrected chi connectivity index (χ0v) is 17.2. The van der Waals surface area contributed by atoms with Crippen molar-refractivity contribution in [1.29, 1.82) is 5.26 Å². The minimum absolute atomic E-state index is 0.251. The number of amides is 1. The third-order valence-corrected chi connectivity index (χ3v) is 5.36. The fourth-order valence-electron chi connectivity index (χ4n) is 2.67. The molecule has 1 N–H and O–H groups in total. The van der Waals surface area contributed by atoms with Crippen LogP contribution in [-0.4, -0.2) is 19.3 Å². The van der Waals surface area contributed by atoms with Crippen LogP contribution in [0.4, 0.5) is 0 Å². The maximum absolute atomic E-state index is 12.2. The second kappa shape index (κ2) is 10.2. The summed E-state index contributed by atoms with van der Waals surface area (Å²) in [5, 5.41) is 9.06. The number of aromatic nitrogens is 1. The second-order valence-electron chi connectivity index (χ2n) is 6.51. The molecular weight excluding hydrogens is 414 g/mol. The van der Waals surface area contributed by atoms with Crippen molar-refractivity contribution in [2.24, 2.45) is 0 Å². The molecule has 0 saturated heterocycles. The fraction of sp³-hybridized carbons (Fsp3) is 0.0870. The van der Waals surface area contributed by atoms with E-state index in [1.165, 1.54) is 18.2 Å². The van der Waals surface area contributed by atoms with Crippen LogP contribution in [0, 0.1) is 11.3 Å². The van der Waals surface area contributed by atoms with Gasteiger partial charge in [-0.05, 0) is 47.5 Å². The first-order valence-corrected chi connectivity index (χ1v) is 10.9. The summed E-state index contributed by atoms with van der Waals surface area (Å²) in [5.41, 5.74) is 2.09. The van der Waals surface area contributed by atoms with E-state index in [4.69, 9.17) is 10.00 Å². The van der Waals surface area contributed by atoms with E-state index in [1.54, 1.807) is 42.6 Å². The highest BCUT2D eigenvalue weighted by Crippen LogP contribution is 2.15. The molecule has 7 nitrogen and oxygen atoms in total. The topological polar surface area (TPSA) is 109 Å². The van der Waals surface area contributed by atoms with Gasteiger partial charge in [-0.3, -0.25) is 9.78 Å². The van der Waals surface area contributed by atoms with E-state index in [0.717, 1.165) is 11.8 Å². The Balaban J connectivity index is 1.55. The molecule has 0 bridgehead atoms. The summed E-state index contributed by atoms with van der Waals surface area (Å²) in [7, 11) is -3.94. The highest BCUT2D eigenvalue weighted by Gasteiger charge is 2.16. The van der Waals surface area contributed by atoms with Crippen molar-refractivity contribution in [2.45, 2.75) is 12.4 Å². The molecule has 31 heavy (non-hydrogen) atoms. The molecular formula is C23H19N3O4S. The van der Waals surface area contributed by atoms with Gasteiger partial charge in [0, 0.05) is 12.3 Å². The Morgan fingerprint density at radius 1 is 1.06 bits per heavy atom. The molecule has 0 aliphatic rings. The number of rotatable bonds is 8. The highest BCUT2D eigenvalue weighted by molar-refractivity contribution is 7.89. The third kappa shape index (κ3) is 6.80. The lowest BCUT2D eigenvalue weighted by molar-refractivity contribution is -0.114. The highest BCUT2D eigenvalue weighted by atomic mass is 32.2. The van der Waals surface area contributed by atoms with Gasteiger partial charge in [0.05, 0.1) is 23.1 Å². The predicted octanol–water partition coefficient (Wildman–Crippen LogP) is 3.19. The Labute approximate surface area is 180 Å². The minimum Gasteiger partial charge on any atom is -0.487 e. The van der Waals surface area contributed by atoms with Crippen LogP contribution < -0.4 is 9.46 Å². The Hall–Kier alpha value is -3.96. The van der Waals surface area contributed by atoms with Crippen molar-refractivity contribution in [1.82, 2.24) is 9.71 Å². The standard InChI is InChI=1S/C23H19N3O4S/c24-15-19-5-1-2-6-20(19)17-31(28,29)26-23(27)13-10-18-8-11-22(12-9-18)30-16-21-7-3-4-14-25-21/h1-14H,16-17H2,(H,26,27)/b13-10+. The number of nitrogens with one attached hydrogen (secondary N) is 1. The summed E-state index contributed by atoms with van der Waals surface area (Å²) in [6, 6.07) is 20.8. The predicted molar refractivity (Wildman–Crippen MR) is 116 cm³/mol. The Kier molecular flexibility index (Phi) is 7.14. The number of pyridine rings is 1. The molecule has 1 aromatic heterocycles. The van der Waals surface area contributed by atoms with Crippen LogP contribution in [0.15, 0.2) is 79.0 Å². The van der Waals surface area contributed by atoms with Gasteiger partial charge in [-0.15, -0.1) is 0 Å². The van der Waals surface area contributed by atoms with Crippen LogP contribution in [0.1, 0.15) is 22.4 Å². The summed E-state index contributed by atoms with van der Waals surface area (Å²) in [5.74, 6) is -0.588. The minimum atomic E-state index is -3.94. The van der Waals surface area contributed by atoms with Gasteiger partial charge in [-0.2, -0.15) is 5.26 Å². The molecule has 156 valence electrons. The number of ether oxygens (including phenoxy) is 1. The second-order valence-corrected chi connectivity index (χ2v) is 8.23. The first-order chi connectivity index (χ1) is 14.9. The van der Waals surface area contributed by atoms with Crippen molar-refractivity contribution < 1.29 is 17.9 Å².